The Morgan fingerprint density at radius 2 is 1.71 bits per heavy atom. The van der Waals surface area contributed by atoms with E-state index in [4.69, 9.17) is 0 Å². The van der Waals surface area contributed by atoms with Gasteiger partial charge in [0, 0.05) is 18.5 Å². The molecule has 1 saturated carbocycles. The molecule has 0 aromatic rings. The second kappa shape index (κ2) is 8.11. The van der Waals surface area contributed by atoms with Gasteiger partial charge in [-0.25, -0.2) is 0 Å². The van der Waals surface area contributed by atoms with Gasteiger partial charge >= 0.3 is 0 Å². The number of aldehydes is 1. The Balaban J connectivity index is 2.72. The Morgan fingerprint density at radius 3 is 2.19 bits per heavy atom. The molecule has 1 fully saturated rings. The molecule has 118 valence electrons. The van der Waals surface area contributed by atoms with E-state index < -0.39 is 0 Å². The monoisotopic (exact) mass is 293 g/mol. The summed E-state index contributed by atoms with van der Waals surface area (Å²) in [7, 11) is 0. The van der Waals surface area contributed by atoms with E-state index in [-0.39, 0.29) is 11.3 Å². The van der Waals surface area contributed by atoms with Crippen molar-refractivity contribution in [3.05, 3.63) is 11.1 Å². The van der Waals surface area contributed by atoms with Crippen LogP contribution in [0.1, 0.15) is 65.7 Å². The van der Waals surface area contributed by atoms with Crippen LogP contribution >= 0.6 is 0 Å². The van der Waals surface area contributed by atoms with E-state index in [1.807, 2.05) is 13.8 Å². The lowest BCUT2D eigenvalue weighted by molar-refractivity contribution is -0.135. The standard InChI is InChI=1S/C17H27NO3/c1-14(2)15(3)16(21)18(13-20)11-9-17(10-12-19)7-5-4-6-8-17/h12-13H,4-11H2,1-3H3. The summed E-state index contributed by atoms with van der Waals surface area (Å²) in [4.78, 5) is 35.7. The molecular formula is C17H27NO3. The maximum atomic E-state index is 12.2. The molecule has 1 rings (SSSR count). The summed E-state index contributed by atoms with van der Waals surface area (Å²) in [6, 6.07) is 0. The smallest absolute Gasteiger partial charge is 0.255 e. The fourth-order valence-corrected chi connectivity index (χ4v) is 3.02. The highest BCUT2D eigenvalue weighted by molar-refractivity contribution is 5.99. The van der Waals surface area contributed by atoms with Gasteiger partial charge in [0.25, 0.3) is 5.91 Å². The summed E-state index contributed by atoms with van der Waals surface area (Å²) >= 11 is 0. The van der Waals surface area contributed by atoms with Crippen LogP contribution in [0.2, 0.25) is 0 Å². The Kier molecular flexibility index (Phi) is 6.79. The van der Waals surface area contributed by atoms with Crippen molar-refractivity contribution in [2.24, 2.45) is 5.41 Å². The predicted molar refractivity (Wildman–Crippen MR) is 82.6 cm³/mol. The van der Waals surface area contributed by atoms with Crippen LogP contribution in [0.25, 0.3) is 0 Å². The molecule has 1 aliphatic carbocycles. The minimum Gasteiger partial charge on any atom is -0.303 e. The minimum absolute atomic E-state index is 0.0135. The van der Waals surface area contributed by atoms with Crippen molar-refractivity contribution < 1.29 is 14.4 Å². The molecule has 0 aromatic heterocycles. The maximum Gasteiger partial charge on any atom is 0.255 e. The number of imide groups is 1. The highest BCUT2D eigenvalue weighted by Crippen LogP contribution is 2.41. The summed E-state index contributed by atoms with van der Waals surface area (Å²) in [6.45, 7) is 5.88. The highest BCUT2D eigenvalue weighted by Gasteiger charge is 2.32. The molecule has 1 aliphatic rings. The number of carbonyl (C=O) groups excluding carboxylic acids is 3. The van der Waals surface area contributed by atoms with Crippen molar-refractivity contribution in [1.29, 1.82) is 0 Å². The number of hydrogen-bond donors (Lipinski definition) is 0. The van der Waals surface area contributed by atoms with Gasteiger partial charge < -0.3 is 4.79 Å². The number of rotatable bonds is 7. The van der Waals surface area contributed by atoms with Crippen molar-refractivity contribution in [2.75, 3.05) is 6.54 Å². The molecule has 2 amide bonds. The van der Waals surface area contributed by atoms with Crippen LogP contribution in [0.5, 0.6) is 0 Å². The van der Waals surface area contributed by atoms with Gasteiger partial charge in [0.15, 0.2) is 0 Å². The molecule has 4 heteroatoms. The first-order chi connectivity index (χ1) is 9.95. The number of hydrogen-bond acceptors (Lipinski definition) is 3. The summed E-state index contributed by atoms with van der Waals surface area (Å²) < 4.78 is 0. The average Bonchev–Trinajstić information content (AvgIpc) is 2.48. The Morgan fingerprint density at radius 1 is 1.10 bits per heavy atom. The molecule has 4 nitrogen and oxygen atoms in total. The SMILES string of the molecule is CC(C)=C(C)C(=O)N(C=O)CCC1(CC=O)CCCCC1. The molecule has 0 radical (unpaired) electrons. The first-order valence-electron chi connectivity index (χ1n) is 7.80. The molecule has 0 aromatic carbocycles. The number of carbonyl (C=O) groups is 3. The molecule has 0 atom stereocenters. The van der Waals surface area contributed by atoms with Crippen LogP contribution in [-0.4, -0.2) is 30.0 Å². The quantitative estimate of drug-likeness (QED) is 0.535. The Bertz CT molecular complexity index is 416. The average molecular weight is 293 g/mol. The van der Waals surface area contributed by atoms with E-state index in [9.17, 15) is 14.4 Å². The van der Waals surface area contributed by atoms with Gasteiger partial charge in [0.2, 0.25) is 6.41 Å². The molecule has 0 unspecified atom stereocenters. The second-order valence-electron chi connectivity index (χ2n) is 6.41. The molecular weight excluding hydrogens is 266 g/mol. The fraction of sp³-hybridized carbons (Fsp3) is 0.706. The first kappa shape index (κ1) is 17.6. The van der Waals surface area contributed by atoms with Crippen molar-refractivity contribution in [3.63, 3.8) is 0 Å². The van der Waals surface area contributed by atoms with Gasteiger partial charge in [-0.3, -0.25) is 14.5 Å². The van der Waals surface area contributed by atoms with Gasteiger partial charge in [-0.1, -0.05) is 24.8 Å². The summed E-state index contributed by atoms with van der Waals surface area (Å²) in [5.41, 5.74) is 1.53. The fourth-order valence-electron chi connectivity index (χ4n) is 3.02. The third kappa shape index (κ3) is 4.80. The minimum atomic E-state index is -0.220. The summed E-state index contributed by atoms with van der Waals surface area (Å²) in [5.74, 6) is -0.220. The number of amides is 2. The molecule has 0 spiro atoms. The molecule has 0 bridgehead atoms. The lowest BCUT2D eigenvalue weighted by Gasteiger charge is -2.37. The third-order valence-corrected chi connectivity index (χ3v) is 4.77. The van der Waals surface area contributed by atoms with Crippen molar-refractivity contribution >= 4 is 18.6 Å². The van der Waals surface area contributed by atoms with E-state index in [1.54, 1.807) is 6.92 Å². The zero-order chi connectivity index (χ0) is 15.9. The third-order valence-electron chi connectivity index (χ3n) is 4.77. The Hall–Kier alpha value is -1.45. The lowest BCUT2D eigenvalue weighted by atomic mass is 9.70. The normalized spacial score (nSPS) is 16.9. The van der Waals surface area contributed by atoms with Crippen molar-refractivity contribution in [3.8, 4) is 0 Å². The van der Waals surface area contributed by atoms with Crippen molar-refractivity contribution in [1.82, 2.24) is 4.90 Å². The number of allylic oxidation sites excluding steroid dienone is 1. The predicted octanol–water partition coefficient (Wildman–Crippen LogP) is 3.26. The lowest BCUT2D eigenvalue weighted by Crippen LogP contribution is -2.36. The van der Waals surface area contributed by atoms with Gasteiger partial charge in [-0.15, -0.1) is 0 Å². The first-order valence-corrected chi connectivity index (χ1v) is 7.80. The van der Waals surface area contributed by atoms with E-state index in [1.165, 1.54) is 11.3 Å². The largest absolute Gasteiger partial charge is 0.303 e. The molecule has 0 aliphatic heterocycles. The van der Waals surface area contributed by atoms with Crippen LogP contribution in [0.3, 0.4) is 0 Å². The van der Waals surface area contributed by atoms with E-state index in [0.29, 0.717) is 24.9 Å². The van der Waals surface area contributed by atoms with E-state index >= 15 is 0 Å². The van der Waals surface area contributed by atoms with E-state index in [2.05, 4.69) is 0 Å². The van der Waals surface area contributed by atoms with Crippen LogP contribution in [0.15, 0.2) is 11.1 Å². The zero-order valence-corrected chi connectivity index (χ0v) is 13.5. The van der Waals surface area contributed by atoms with Gasteiger partial charge in [-0.05, 0) is 45.4 Å². The topological polar surface area (TPSA) is 54.5 Å². The van der Waals surface area contributed by atoms with E-state index in [0.717, 1.165) is 44.0 Å². The van der Waals surface area contributed by atoms with Crippen molar-refractivity contribution in [2.45, 2.75) is 65.7 Å². The second-order valence-corrected chi connectivity index (χ2v) is 6.41. The zero-order valence-electron chi connectivity index (χ0n) is 13.5. The maximum absolute atomic E-state index is 12.2. The van der Waals surface area contributed by atoms with Gasteiger partial charge in [0.1, 0.15) is 6.29 Å². The number of nitrogens with zero attached hydrogens (tertiary/aromatic N) is 1. The van der Waals surface area contributed by atoms with Crippen LogP contribution in [0.4, 0.5) is 0 Å². The van der Waals surface area contributed by atoms with Crippen LogP contribution < -0.4 is 0 Å². The van der Waals surface area contributed by atoms with Gasteiger partial charge in [0.05, 0.1) is 0 Å². The van der Waals surface area contributed by atoms with Gasteiger partial charge in [-0.2, -0.15) is 0 Å². The summed E-state index contributed by atoms with van der Waals surface area (Å²) in [6.07, 6.45) is 8.40. The molecule has 0 N–H and O–H groups in total. The summed E-state index contributed by atoms with van der Waals surface area (Å²) in [5, 5.41) is 0. The molecule has 0 heterocycles. The molecule has 21 heavy (non-hydrogen) atoms. The van der Waals surface area contributed by atoms with Crippen LogP contribution in [-0.2, 0) is 14.4 Å². The Labute approximate surface area is 127 Å². The highest BCUT2D eigenvalue weighted by atomic mass is 16.2. The van der Waals surface area contributed by atoms with Crippen LogP contribution in [0, 0.1) is 5.41 Å². The molecule has 0 saturated heterocycles.